The molecule has 2 rings (SSSR count). The minimum Gasteiger partial charge on any atom is -0.383 e. The molecule has 5 nitrogen and oxygen atoms in total. The van der Waals surface area contributed by atoms with E-state index in [0.717, 1.165) is 44.4 Å². The predicted octanol–water partition coefficient (Wildman–Crippen LogP) is 2.06. The van der Waals surface area contributed by atoms with Crippen LogP contribution in [0.5, 0.6) is 0 Å². The third-order valence-electron chi connectivity index (χ3n) is 3.64. The molecular formula is C15H27N3O2S. The number of methoxy groups -OCH3 is 2. The van der Waals surface area contributed by atoms with E-state index >= 15 is 0 Å². The second kappa shape index (κ2) is 8.68. The van der Waals surface area contributed by atoms with Crippen molar-refractivity contribution < 1.29 is 9.47 Å². The van der Waals surface area contributed by atoms with Gasteiger partial charge >= 0.3 is 0 Å². The summed E-state index contributed by atoms with van der Waals surface area (Å²) in [5, 5.41) is 4.58. The van der Waals surface area contributed by atoms with Gasteiger partial charge in [0.2, 0.25) is 0 Å². The molecule has 6 heteroatoms. The van der Waals surface area contributed by atoms with E-state index in [-0.39, 0.29) is 0 Å². The number of anilines is 1. The highest BCUT2D eigenvalue weighted by Gasteiger charge is 2.31. The first-order valence-electron chi connectivity index (χ1n) is 7.74. The Kier molecular flexibility index (Phi) is 6.89. The molecule has 0 aromatic carbocycles. The van der Waals surface area contributed by atoms with Gasteiger partial charge in [-0.15, -0.1) is 11.3 Å². The highest BCUT2D eigenvalue weighted by atomic mass is 32.1. The topological polar surface area (TPSA) is 46.6 Å². The molecule has 0 aliphatic heterocycles. The molecule has 1 saturated carbocycles. The smallest absolute Gasteiger partial charge is 0.186 e. The average Bonchev–Trinajstić information content (AvgIpc) is 3.25. The molecule has 1 heterocycles. The fraction of sp³-hybridized carbons (Fsp3) is 0.800. The standard InChI is InChI=1S/C15H27N3O2S/c1-4-13-14(11-16-7-9-19-2)21-15(17-13)18(8-10-20-3)12-5-6-12/h12,16H,4-11H2,1-3H3. The van der Waals surface area contributed by atoms with Gasteiger partial charge in [-0.1, -0.05) is 6.92 Å². The summed E-state index contributed by atoms with van der Waals surface area (Å²) in [6.07, 6.45) is 3.55. The van der Waals surface area contributed by atoms with Gasteiger partial charge in [0, 0.05) is 44.8 Å². The Bertz CT molecular complexity index is 421. The molecule has 0 spiro atoms. The van der Waals surface area contributed by atoms with E-state index in [1.54, 1.807) is 14.2 Å². The van der Waals surface area contributed by atoms with Crippen LogP contribution in [0.15, 0.2) is 0 Å². The van der Waals surface area contributed by atoms with Gasteiger partial charge < -0.3 is 19.7 Å². The Morgan fingerprint density at radius 2 is 2.05 bits per heavy atom. The lowest BCUT2D eigenvalue weighted by molar-refractivity contribution is 0.199. The third kappa shape index (κ3) is 4.92. The highest BCUT2D eigenvalue weighted by Crippen LogP contribution is 2.35. The van der Waals surface area contributed by atoms with E-state index in [9.17, 15) is 0 Å². The molecule has 0 saturated heterocycles. The van der Waals surface area contributed by atoms with Gasteiger partial charge in [0.1, 0.15) is 0 Å². The number of hydrogen-bond donors (Lipinski definition) is 1. The van der Waals surface area contributed by atoms with Gasteiger partial charge in [-0.05, 0) is 19.3 Å². The van der Waals surface area contributed by atoms with Crippen molar-refractivity contribution >= 4 is 16.5 Å². The molecule has 1 aliphatic carbocycles. The van der Waals surface area contributed by atoms with Crippen LogP contribution >= 0.6 is 11.3 Å². The summed E-state index contributed by atoms with van der Waals surface area (Å²) in [4.78, 5) is 8.64. The minimum absolute atomic E-state index is 0.672. The quantitative estimate of drug-likeness (QED) is 0.634. The number of nitrogens with one attached hydrogen (secondary N) is 1. The SMILES string of the molecule is CCc1nc(N(CCOC)C2CC2)sc1CNCCOC. The molecular weight excluding hydrogens is 286 g/mol. The molecule has 0 atom stereocenters. The zero-order valence-electron chi connectivity index (χ0n) is 13.4. The zero-order valence-corrected chi connectivity index (χ0v) is 14.2. The first-order chi connectivity index (χ1) is 10.3. The van der Waals surface area contributed by atoms with Crippen LogP contribution in [0, 0.1) is 0 Å². The molecule has 120 valence electrons. The van der Waals surface area contributed by atoms with Crippen LogP contribution in [-0.2, 0) is 22.4 Å². The molecule has 1 fully saturated rings. The average molecular weight is 313 g/mol. The summed E-state index contributed by atoms with van der Waals surface area (Å²) in [5.41, 5.74) is 1.22. The molecule has 1 aromatic rings. The van der Waals surface area contributed by atoms with Gasteiger partial charge in [0.05, 0.1) is 18.9 Å². The molecule has 21 heavy (non-hydrogen) atoms. The zero-order chi connectivity index (χ0) is 15.1. The lowest BCUT2D eigenvalue weighted by atomic mass is 10.3. The van der Waals surface area contributed by atoms with Crippen molar-refractivity contribution in [2.45, 2.75) is 38.8 Å². The van der Waals surface area contributed by atoms with E-state index in [4.69, 9.17) is 14.5 Å². The lowest BCUT2D eigenvalue weighted by Crippen LogP contribution is -2.29. The molecule has 1 aromatic heterocycles. The minimum atomic E-state index is 0.672. The van der Waals surface area contributed by atoms with Crippen molar-refractivity contribution in [1.29, 1.82) is 0 Å². The monoisotopic (exact) mass is 313 g/mol. The Labute approximate surface area is 131 Å². The Morgan fingerprint density at radius 1 is 1.29 bits per heavy atom. The van der Waals surface area contributed by atoms with Crippen molar-refractivity contribution in [2.24, 2.45) is 0 Å². The summed E-state index contributed by atoms with van der Waals surface area (Å²) >= 11 is 1.82. The van der Waals surface area contributed by atoms with Crippen LogP contribution < -0.4 is 10.2 Å². The largest absolute Gasteiger partial charge is 0.383 e. The maximum Gasteiger partial charge on any atom is 0.186 e. The molecule has 1 aliphatic rings. The summed E-state index contributed by atoms with van der Waals surface area (Å²) in [6, 6.07) is 0.672. The van der Waals surface area contributed by atoms with Crippen LogP contribution in [0.4, 0.5) is 5.13 Å². The van der Waals surface area contributed by atoms with Crippen molar-refractivity contribution in [1.82, 2.24) is 10.3 Å². The first-order valence-corrected chi connectivity index (χ1v) is 8.55. The van der Waals surface area contributed by atoms with Crippen LogP contribution in [-0.4, -0.2) is 51.5 Å². The van der Waals surface area contributed by atoms with Gasteiger partial charge in [-0.25, -0.2) is 4.98 Å². The maximum atomic E-state index is 5.24. The predicted molar refractivity (Wildman–Crippen MR) is 87.3 cm³/mol. The lowest BCUT2D eigenvalue weighted by Gasteiger charge is -2.20. The Hall–Kier alpha value is -0.690. The maximum absolute atomic E-state index is 5.24. The molecule has 0 radical (unpaired) electrons. The summed E-state index contributed by atoms with van der Waals surface area (Å²) in [5.74, 6) is 0. The van der Waals surface area contributed by atoms with Gasteiger partial charge in [-0.2, -0.15) is 0 Å². The summed E-state index contributed by atoms with van der Waals surface area (Å²) in [6.45, 7) is 6.38. The highest BCUT2D eigenvalue weighted by molar-refractivity contribution is 7.15. The van der Waals surface area contributed by atoms with E-state index in [0.29, 0.717) is 6.04 Å². The van der Waals surface area contributed by atoms with Gasteiger partial charge in [-0.3, -0.25) is 0 Å². The van der Waals surface area contributed by atoms with E-state index in [1.807, 2.05) is 11.3 Å². The number of rotatable bonds is 11. The van der Waals surface area contributed by atoms with E-state index < -0.39 is 0 Å². The summed E-state index contributed by atoms with van der Waals surface area (Å²) in [7, 11) is 3.49. The number of aromatic nitrogens is 1. The number of nitrogens with zero attached hydrogens (tertiary/aromatic N) is 2. The van der Waals surface area contributed by atoms with Crippen LogP contribution in [0.2, 0.25) is 0 Å². The van der Waals surface area contributed by atoms with Crippen molar-refractivity contribution in [3.05, 3.63) is 10.6 Å². The van der Waals surface area contributed by atoms with Gasteiger partial charge in [0.25, 0.3) is 0 Å². The number of hydrogen-bond acceptors (Lipinski definition) is 6. The molecule has 0 bridgehead atoms. The number of aryl methyl sites for hydroxylation is 1. The van der Waals surface area contributed by atoms with E-state index in [1.165, 1.54) is 23.4 Å². The fourth-order valence-corrected chi connectivity index (χ4v) is 3.51. The second-order valence-electron chi connectivity index (χ2n) is 5.31. The second-order valence-corrected chi connectivity index (χ2v) is 6.37. The Balaban J connectivity index is 1.99. The molecule has 0 amide bonds. The van der Waals surface area contributed by atoms with Crippen LogP contribution in [0.3, 0.4) is 0 Å². The normalized spacial score (nSPS) is 14.6. The Morgan fingerprint density at radius 3 is 2.67 bits per heavy atom. The van der Waals surface area contributed by atoms with Crippen molar-refractivity contribution in [2.75, 3.05) is 45.4 Å². The third-order valence-corrected chi connectivity index (χ3v) is 4.77. The first kappa shape index (κ1) is 16.7. The van der Waals surface area contributed by atoms with Crippen molar-refractivity contribution in [3.8, 4) is 0 Å². The molecule has 0 unspecified atom stereocenters. The van der Waals surface area contributed by atoms with Crippen molar-refractivity contribution in [3.63, 3.8) is 0 Å². The summed E-state index contributed by atoms with van der Waals surface area (Å²) < 4.78 is 10.3. The van der Waals surface area contributed by atoms with Crippen LogP contribution in [0.25, 0.3) is 0 Å². The number of ether oxygens (including phenoxy) is 2. The number of thiazole rings is 1. The molecule has 1 N–H and O–H groups in total. The van der Waals surface area contributed by atoms with Crippen LogP contribution in [0.1, 0.15) is 30.3 Å². The fourth-order valence-electron chi connectivity index (χ4n) is 2.29. The van der Waals surface area contributed by atoms with Gasteiger partial charge in [0.15, 0.2) is 5.13 Å². The van der Waals surface area contributed by atoms with E-state index in [2.05, 4.69) is 17.1 Å².